The number of likely N-dealkylation sites (tertiary alicyclic amines) is 1. The second kappa shape index (κ2) is 5.74. The third kappa shape index (κ3) is 2.70. The lowest BCUT2D eigenvalue weighted by molar-refractivity contribution is 0.196. The van der Waals surface area contributed by atoms with E-state index >= 15 is 0 Å². The van der Waals surface area contributed by atoms with E-state index in [1.54, 1.807) is 7.11 Å². The minimum atomic E-state index is 0.422. The Balaban J connectivity index is 1.81. The Morgan fingerprint density at radius 3 is 2.85 bits per heavy atom. The first kappa shape index (κ1) is 13.9. The van der Waals surface area contributed by atoms with Gasteiger partial charge in [-0.1, -0.05) is 17.7 Å². The molecule has 0 spiro atoms. The number of benzene rings is 1. The van der Waals surface area contributed by atoms with Crippen LogP contribution in [-0.2, 0) is 0 Å². The zero-order valence-corrected chi connectivity index (χ0v) is 12.9. The molecule has 0 aliphatic carbocycles. The van der Waals surface area contributed by atoms with Crippen molar-refractivity contribution in [2.24, 2.45) is 0 Å². The van der Waals surface area contributed by atoms with Crippen molar-refractivity contribution in [1.29, 1.82) is 0 Å². The van der Waals surface area contributed by atoms with Crippen molar-refractivity contribution in [3.63, 3.8) is 0 Å². The van der Waals surface area contributed by atoms with E-state index < -0.39 is 0 Å². The Kier molecular flexibility index (Phi) is 3.99. The van der Waals surface area contributed by atoms with Gasteiger partial charge < -0.3 is 10.1 Å². The lowest BCUT2D eigenvalue weighted by atomic mass is 10.0. The minimum Gasteiger partial charge on any atom is -0.496 e. The van der Waals surface area contributed by atoms with Crippen molar-refractivity contribution in [3.05, 3.63) is 29.3 Å². The summed E-state index contributed by atoms with van der Waals surface area (Å²) < 4.78 is 5.56. The second-order valence-electron chi connectivity index (χ2n) is 6.34. The molecule has 2 aliphatic rings. The molecular weight excluding hydrogens is 248 g/mol. The lowest BCUT2D eigenvalue weighted by Crippen LogP contribution is -2.36. The van der Waals surface area contributed by atoms with Crippen LogP contribution >= 0.6 is 0 Å². The van der Waals surface area contributed by atoms with Crippen LogP contribution in [-0.4, -0.2) is 37.2 Å². The number of rotatable bonds is 3. The fourth-order valence-electron chi connectivity index (χ4n) is 3.70. The van der Waals surface area contributed by atoms with Crippen molar-refractivity contribution in [2.45, 2.75) is 51.2 Å². The number of hydrogen-bond donors (Lipinski definition) is 1. The topological polar surface area (TPSA) is 24.5 Å². The van der Waals surface area contributed by atoms with Crippen LogP contribution in [0.25, 0.3) is 0 Å². The summed E-state index contributed by atoms with van der Waals surface area (Å²) in [6.45, 7) is 6.82. The summed E-state index contributed by atoms with van der Waals surface area (Å²) in [6.07, 6.45) is 3.97. The summed E-state index contributed by atoms with van der Waals surface area (Å²) in [5.74, 6) is 1.02. The van der Waals surface area contributed by atoms with Gasteiger partial charge in [0.2, 0.25) is 0 Å². The summed E-state index contributed by atoms with van der Waals surface area (Å²) >= 11 is 0. The van der Waals surface area contributed by atoms with E-state index in [1.165, 1.54) is 36.9 Å². The van der Waals surface area contributed by atoms with Gasteiger partial charge in [-0.3, -0.25) is 4.90 Å². The lowest BCUT2D eigenvalue weighted by Gasteiger charge is -2.31. The molecule has 2 aliphatic heterocycles. The standard InChI is InChI=1S/C17H26N2O/c1-12-4-7-17(20-3)16(10-12)13(2)19-9-8-14-5-6-15(11-19)18-14/h4,7,10,13-15,18H,5-6,8-9,11H2,1-3H3. The molecule has 1 N–H and O–H groups in total. The first-order chi connectivity index (χ1) is 9.67. The van der Waals surface area contributed by atoms with Crippen molar-refractivity contribution < 1.29 is 4.74 Å². The first-order valence-electron chi connectivity index (χ1n) is 7.82. The molecule has 20 heavy (non-hydrogen) atoms. The molecule has 2 bridgehead atoms. The number of methoxy groups -OCH3 is 1. The summed E-state index contributed by atoms with van der Waals surface area (Å²) in [7, 11) is 1.77. The number of nitrogens with zero attached hydrogens (tertiary/aromatic N) is 1. The van der Waals surface area contributed by atoms with E-state index in [9.17, 15) is 0 Å². The molecule has 0 aromatic heterocycles. The van der Waals surface area contributed by atoms with Gasteiger partial charge in [-0.15, -0.1) is 0 Å². The number of nitrogens with one attached hydrogen (secondary N) is 1. The molecule has 2 fully saturated rings. The predicted molar refractivity (Wildman–Crippen MR) is 82.3 cm³/mol. The molecular formula is C17H26N2O. The maximum absolute atomic E-state index is 5.56. The van der Waals surface area contributed by atoms with E-state index in [2.05, 4.69) is 42.3 Å². The number of hydrogen-bond acceptors (Lipinski definition) is 3. The Bertz CT molecular complexity index is 474. The third-order valence-corrected chi connectivity index (χ3v) is 4.94. The molecule has 3 atom stereocenters. The normalized spacial score (nSPS) is 28.1. The van der Waals surface area contributed by atoms with Crippen molar-refractivity contribution in [3.8, 4) is 5.75 Å². The van der Waals surface area contributed by atoms with Crippen LogP contribution in [0.3, 0.4) is 0 Å². The highest BCUT2D eigenvalue weighted by Crippen LogP contribution is 2.32. The van der Waals surface area contributed by atoms with E-state index in [-0.39, 0.29) is 0 Å². The molecule has 1 aromatic carbocycles. The average molecular weight is 274 g/mol. The van der Waals surface area contributed by atoms with Crippen LogP contribution in [0.2, 0.25) is 0 Å². The summed E-state index contributed by atoms with van der Waals surface area (Å²) in [5, 5.41) is 3.76. The van der Waals surface area contributed by atoms with Crippen LogP contribution in [0.1, 0.15) is 43.4 Å². The summed E-state index contributed by atoms with van der Waals surface area (Å²) in [5.41, 5.74) is 2.63. The number of fused-ring (bicyclic) bond motifs is 2. The fraction of sp³-hybridized carbons (Fsp3) is 0.647. The Morgan fingerprint density at radius 2 is 2.05 bits per heavy atom. The van der Waals surface area contributed by atoms with Crippen LogP contribution in [0, 0.1) is 6.92 Å². The highest BCUT2D eigenvalue weighted by atomic mass is 16.5. The van der Waals surface area contributed by atoms with E-state index in [1.807, 2.05) is 0 Å². The minimum absolute atomic E-state index is 0.422. The van der Waals surface area contributed by atoms with Crippen LogP contribution in [0.15, 0.2) is 18.2 Å². The van der Waals surface area contributed by atoms with Crippen LogP contribution in [0.4, 0.5) is 0 Å². The molecule has 0 radical (unpaired) electrons. The Labute approximate surface area is 122 Å². The molecule has 110 valence electrons. The molecule has 3 rings (SSSR count). The summed E-state index contributed by atoms with van der Waals surface area (Å²) in [6, 6.07) is 8.35. The van der Waals surface area contributed by atoms with Gasteiger partial charge in [0.05, 0.1) is 7.11 Å². The van der Waals surface area contributed by atoms with Gasteiger partial charge in [-0.25, -0.2) is 0 Å². The van der Waals surface area contributed by atoms with Gasteiger partial charge in [-0.2, -0.15) is 0 Å². The monoisotopic (exact) mass is 274 g/mol. The molecule has 1 aromatic rings. The SMILES string of the molecule is COc1ccc(C)cc1C(C)N1CCC2CCC(C1)N2. The largest absolute Gasteiger partial charge is 0.496 e. The van der Waals surface area contributed by atoms with E-state index in [0.717, 1.165) is 18.3 Å². The predicted octanol–water partition coefficient (Wildman–Crippen LogP) is 2.89. The molecule has 0 saturated carbocycles. The molecule has 0 amide bonds. The van der Waals surface area contributed by atoms with Crippen LogP contribution in [0.5, 0.6) is 5.75 Å². The smallest absolute Gasteiger partial charge is 0.123 e. The molecule has 2 heterocycles. The van der Waals surface area contributed by atoms with Gasteiger partial charge in [-0.05, 0) is 39.2 Å². The van der Waals surface area contributed by atoms with Gasteiger partial charge >= 0.3 is 0 Å². The fourth-order valence-corrected chi connectivity index (χ4v) is 3.70. The average Bonchev–Trinajstić information content (AvgIpc) is 2.77. The Hall–Kier alpha value is -1.06. The molecule has 2 saturated heterocycles. The van der Waals surface area contributed by atoms with Gasteiger partial charge in [0.15, 0.2) is 0 Å². The molecule has 3 unspecified atom stereocenters. The van der Waals surface area contributed by atoms with Crippen molar-refractivity contribution in [2.75, 3.05) is 20.2 Å². The van der Waals surface area contributed by atoms with E-state index in [0.29, 0.717) is 12.1 Å². The van der Waals surface area contributed by atoms with Gasteiger partial charge in [0, 0.05) is 36.8 Å². The van der Waals surface area contributed by atoms with Gasteiger partial charge in [0.1, 0.15) is 5.75 Å². The maximum Gasteiger partial charge on any atom is 0.123 e. The van der Waals surface area contributed by atoms with Crippen molar-refractivity contribution >= 4 is 0 Å². The quantitative estimate of drug-likeness (QED) is 0.917. The zero-order chi connectivity index (χ0) is 14.1. The zero-order valence-electron chi connectivity index (χ0n) is 12.9. The highest BCUT2D eigenvalue weighted by molar-refractivity contribution is 5.39. The Morgan fingerprint density at radius 1 is 1.25 bits per heavy atom. The number of ether oxygens (including phenoxy) is 1. The first-order valence-corrected chi connectivity index (χ1v) is 7.82. The van der Waals surface area contributed by atoms with Crippen molar-refractivity contribution in [1.82, 2.24) is 10.2 Å². The number of aryl methyl sites for hydroxylation is 1. The van der Waals surface area contributed by atoms with Gasteiger partial charge in [0.25, 0.3) is 0 Å². The van der Waals surface area contributed by atoms with E-state index in [4.69, 9.17) is 4.74 Å². The molecule has 3 heteroatoms. The third-order valence-electron chi connectivity index (χ3n) is 4.94. The molecule has 3 nitrogen and oxygen atoms in total. The summed E-state index contributed by atoms with van der Waals surface area (Å²) in [4.78, 5) is 2.62. The van der Waals surface area contributed by atoms with Crippen LogP contribution < -0.4 is 10.1 Å². The highest BCUT2D eigenvalue weighted by Gasteiger charge is 2.31. The second-order valence-corrected chi connectivity index (χ2v) is 6.34. The maximum atomic E-state index is 5.56.